The molecule has 3 aromatic rings. The molecule has 2 amide bonds. The number of ether oxygens (including phenoxy) is 3. The molecule has 1 N–H and O–H groups in total. The molecule has 0 unspecified atom stereocenters. The summed E-state index contributed by atoms with van der Waals surface area (Å²) in [5, 5.41) is 1.24. The average Bonchev–Trinajstić information content (AvgIpc) is 3.15. The summed E-state index contributed by atoms with van der Waals surface area (Å²) in [6, 6.07) is 22.2. The van der Waals surface area contributed by atoms with E-state index >= 15 is 0 Å². The number of carbonyl (C=O) groups is 2. The molecule has 1 fully saturated rings. The molecular formula is C28H28N2O5. The van der Waals surface area contributed by atoms with Crippen LogP contribution in [0.2, 0.25) is 0 Å². The molecule has 4 rings (SSSR count). The van der Waals surface area contributed by atoms with E-state index in [2.05, 4.69) is 5.43 Å². The first kappa shape index (κ1) is 23.9. The zero-order chi connectivity index (χ0) is 24.6. The predicted molar refractivity (Wildman–Crippen MR) is 134 cm³/mol. The number of anilines is 1. The van der Waals surface area contributed by atoms with E-state index < -0.39 is 11.8 Å². The minimum Gasteiger partial charge on any atom is -0.493 e. The molecule has 0 aromatic heterocycles. The van der Waals surface area contributed by atoms with Gasteiger partial charge in [0.25, 0.3) is 11.8 Å². The first-order valence-electron chi connectivity index (χ1n) is 11.6. The number of hydrogen-bond acceptors (Lipinski definition) is 5. The molecule has 180 valence electrons. The molecule has 1 aliphatic rings. The first-order valence-corrected chi connectivity index (χ1v) is 11.6. The van der Waals surface area contributed by atoms with Crippen molar-refractivity contribution in [2.24, 2.45) is 0 Å². The number of benzene rings is 3. The third-order valence-corrected chi connectivity index (χ3v) is 5.32. The van der Waals surface area contributed by atoms with E-state index in [1.54, 1.807) is 48.5 Å². The summed E-state index contributed by atoms with van der Waals surface area (Å²) in [5.41, 5.74) is 5.11. The van der Waals surface area contributed by atoms with Crippen LogP contribution in [0.15, 0.2) is 78.4 Å². The standard InChI is InChI=1S/C28H28N2O5/c1-3-33-26-19-21(18-24-27(31)29-30(28(24)32)22-8-5-4-6-9-22)12-15-25(26)35-17-7-16-34-23-13-10-20(2)11-14-23/h4-6,8-15,18-19H,3,7,16-17H2,1-2H3,(H,29,31). The molecule has 0 atom stereocenters. The third kappa shape index (κ3) is 6.00. The lowest BCUT2D eigenvalue weighted by Gasteiger charge is -2.14. The van der Waals surface area contributed by atoms with E-state index in [1.165, 1.54) is 10.6 Å². The second kappa shape index (κ2) is 11.2. The Morgan fingerprint density at radius 2 is 1.60 bits per heavy atom. The van der Waals surface area contributed by atoms with Crippen molar-refractivity contribution in [3.63, 3.8) is 0 Å². The van der Waals surface area contributed by atoms with Crippen LogP contribution in [0.3, 0.4) is 0 Å². The van der Waals surface area contributed by atoms with Crippen molar-refractivity contribution in [2.75, 3.05) is 24.8 Å². The lowest BCUT2D eigenvalue weighted by molar-refractivity contribution is -0.117. The van der Waals surface area contributed by atoms with Crippen LogP contribution in [0.25, 0.3) is 6.08 Å². The molecule has 35 heavy (non-hydrogen) atoms. The van der Waals surface area contributed by atoms with E-state index in [0.717, 1.165) is 5.75 Å². The molecule has 7 heteroatoms. The summed E-state index contributed by atoms with van der Waals surface area (Å²) < 4.78 is 17.4. The summed E-state index contributed by atoms with van der Waals surface area (Å²) in [7, 11) is 0. The van der Waals surface area contributed by atoms with Crippen LogP contribution < -0.4 is 24.6 Å². The van der Waals surface area contributed by atoms with Gasteiger partial charge in [-0.15, -0.1) is 0 Å². The van der Waals surface area contributed by atoms with Crippen molar-refractivity contribution in [1.82, 2.24) is 5.43 Å². The molecule has 0 spiro atoms. The number of rotatable bonds is 10. The van der Waals surface area contributed by atoms with E-state index in [9.17, 15) is 9.59 Å². The maximum absolute atomic E-state index is 12.8. The summed E-state index contributed by atoms with van der Waals surface area (Å²) in [5.74, 6) is 1.11. The molecule has 1 saturated heterocycles. The number of hydrazine groups is 1. The van der Waals surface area contributed by atoms with Gasteiger partial charge in [0.2, 0.25) is 0 Å². The highest BCUT2D eigenvalue weighted by molar-refractivity contribution is 6.31. The highest BCUT2D eigenvalue weighted by Gasteiger charge is 2.34. The zero-order valence-corrected chi connectivity index (χ0v) is 19.8. The van der Waals surface area contributed by atoms with E-state index in [-0.39, 0.29) is 5.57 Å². The lowest BCUT2D eigenvalue weighted by atomic mass is 10.1. The average molecular weight is 473 g/mol. The Morgan fingerprint density at radius 3 is 2.34 bits per heavy atom. The fraction of sp³-hybridized carbons (Fsp3) is 0.214. The Balaban J connectivity index is 1.39. The largest absolute Gasteiger partial charge is 0.493 e. The van der Waals surface area contributed by atoms with Crippen molar-refractivity contribution < 1.29 is 23.8 Å². The van der Waals surface area contributed by atoms with Gasteiger partial charge in [0.05, 0.1) is 25.5 Å². The first-order chi connectivity index (χ1) is 17.0. The molecule has 0 aliphatic carbocycles. The number of nitrogens with one attached hydrogen (secondary N) is 1. The molecular weight excluding hydrogens is 444 g/mol. The predicted octanol–water partition coefficient (Wildman–Crippen LogP) is 4.70. The quantitative estimate of drug-likeness (QED) is 0.263. The van der Waals surface area contributed by atoms with Gasteiger partial charge in [-0.3, -0.25) is 15.0 Å². The minimum atomic E-state index is -0.453. The molecule has 0 bridgehead atoms. The topological polar surface area (TPSA) is 77.1 Å². The van der Waals surface area contributed by atoms with Crippen molar-refractivity contribution in [2.45, 2.75) is 20.3 Å². The van der Waals surface area contributed by atoms with Crippen molar-refractivity contribution >= 4 is 23.6 Å². The number of para-hydroxylation sites is 1. The highest BCUT2D eigenvalue weighted by Crippen LogP contribution is 2.30. The van der Waals surface area contributed by atoms with Gasteiger partial charge in [0, 0.05) is 6.42 Å². The molecule has 0 radical (unpaired) electrons. The number of carbonyl (C=O) groups excluding carboxylic acids is 2. The van der Waals surface area contributed by atoms with Crippen LogP contribution in [0, 0.1) is 6.92 Å². The highest BCUT2D eigenvalue weighted by atomic mass is 16.5. The Kier molecular flexibility index (Phi) is 7.67. The van der Waals surface area contributed by atoms with Gasteiger partial charge in [-0.05, 0) is 61.9 Å². The number of hydrogen-bond donors (Lipinski definition) is 1. The second-order valence-electron chi connectivity index (χ2n) is 7.98. The lowest BCUT2D eigenvalue weighted by Crippen LogP contribution is -2.35. The normalized spacial score (nSPS) is 14.2. The Bertz CT molecular complexity index is 1210. The van der Waals surface area contributed by atoms with Crippen molar-refractivity contribution in [3.05, 3.63) is 89.5 Å². The van der Waals surface area contributed by atoms with Crippen LogP contribution in [0.4, 0.5) is 5.69 Å². The summed E-state index contributed by atoms with van der Waals surface area (Å²) in [4.78, 5) is 25.3. The summed E-state index contributed by atoms with van der Waals surface area (Å²) >= 11 is 0. The summed E-state index contributed by atoms with van der Waals surface area (Å²) in [6.45, 7) is 5.37. The van der Waals surface area contributed by atoms with Gasteiger partial charge in [-0.1, -0.05) is 42.0 Å². The molecule has 1 aliphatic heterocycles. The maximum Gasteiger partial charge on any atom is 0.282 e. The van der Waals surface area contributed by atoms with Crippen LogP contribution in [-0.2, 0) is 9.59 Å². The third-order valence-electron chi connectivity index (χ3n) is 5.32. The maximum atomic E-state index is 12.8. The Morgan fingerprint density at radius 1 is 0.857 bits per heavy atom. The second-order valence-corrected chi connectivity index (χ2v) is 7.98. The number of nitrogens with zero attached hydrogens (tertiary/aromatic N) is 1. The molecule has 0 saturated carbocycles. The van der Waals surface area contributed by atoms with Gasteiger partial charge in [-0.25, -0.2) is 5.01 Å². The van der Waals surface area contributed by atoms with Crippen LogP contribution >= 0.6 is 0 Å². The van der Waals surface area contributed by atoms with Crippen LogP contribution in [-0.4, -0.2) is 31.6 Å². The Hall–Kier alpha value is -4.26. The van der Waals surface area contributed by atoms with Crippen LogP contribution in [0.5, 0.6) is 17.2 Å². The smallest absolute Gasteiger partial charge is 0.282 e. The Labute approximate surface area is 204 Å². The van der Waals surface area contributed by atoms with E-state index in [0.29, 0.717) is 49.0 Å². The fourth-order valence-electron chi connectivity index (χ4n) is 3.55. The SMILES string of the molecule is CCOc1cc(C=C2C(=O)NN(c3ccccc3)C2=O)ccc1OCCCOc1ccc(C)cc1. The zero-order valence-electron chi connectivity index (χ0n) is 19.8. The molecule has 1 heterocycles. The molecule has 3 aromatic carbocycles. The van der Waals surface area contributed by atoms with Crippen molar-refractivity contribution in [1.29, 1.82) is 0 Å². The van der Waals surface area contributed by atoms with Gasteiger partial charge in [-0.2, -0.15) is 0 Å². The van der Waals surface area contributed by atoms with Crippen molar-refractivity contribution in [3.8, 4) is 17.2 Å². The number of amides is 2. The van der Waals surface area contributed by atoms with Gasteiger partial charge in [0.15, 0.2) is 11.5 Å². The minimum absolute atomic E-state index is 0.0539. The van der Waals surface area contributed by atoms with Gasteiger partial charge in [0.1, 0.15) is 11.3 Å². The van der Waals surface area contributed by atoms with E-state index in [4.69, 9.17) is 14.2 Å². The monoisotopic (exact) mass is 472 g/mol. The van der Waals surface area contributed by atoms with Gasteiger partial charge < -0.3 is 14.2 Å². The summed E-state index contributed by atoms with van der Waals surface area (Å²) in [6.07, 6.45) is 2.26. The fourth-order valence-corrected chi connectivity index (χ4v) is 3.55. The molecule has 7 nitrogen and oxygen atoms in total. The number of aryl methyl sites for hydroxylation is 1. The van der Waals surface area contributed by atoms with E-state index in [1.807, 2.05) is 44.2 Å². The van der Waals surface area contributed by atoms with Crippen LogP contribution in [0.1, 0.15) is 24.5 Å². The van der Waals surface area contributed by atoms with Gasteiger partial charge >= 0.3 is 0 Å².